The topological polar surface area (TPSA) is 87.2 Å². The van der Waals surface area contributed by atoms with Gasteiger partial charge in [-0.05, 0) is 12.1 Å². The Morgan fingerprint density at radius 3 is 2.76 bits per heavy atom. The second kappa shape index (κ2) is 6.35. The van der Waals surface area contributed by atoms with Crippen LogP contribution in [0.15, 0.2) is 33.9 Å². The highest BCUT2D eigenvalue weighted by Gasteiger charge is 2.19. The monoisotopic (exact) mass is 393 g/mol. The molecule has 0 spiro atoms. The summed E-state index contributed by atoms with van der Waals surface area (Å²) in [4.78, 5) is 4.00. The SMILES string of the molecule is Cn1ccnc1CCOc1c(Cl)cc(Br)cc1S(N)(=O)=O. The summed E-state index contributed by atoms with van der Waals surface area (Å²) in [6, 6.07) is 2.91. The smallest absolute Gasteiger partial charge is 0.241 e. The fourth-order valence-corrected chi connectivity index (χ4v) is 3.56. The number of nitrogens with two attached hydrogens (primary N) is 1. The minimum absolute atomic E-state index is 0.0524. The average molecular weight is 395 g/mol. The maximum atomic E-state index is 11.6. The molecule has 2 N–H and O–H groups in total. The van der Waals surface area contributed by atoms with E-state index in [0.717, 1.165) is 5.82 Å². The first-order chi connectivity index (χ1) is 9.79. The van der Waals surface area contributed by atoms with E-state index >= 15 is 0 Å². The maximum absolute atomic E-state index is 11.6. The van der Waals surface area contributed by atoms with Gasteiger partial charge in [-0.3, -0.25) is 0 Å². The van der Waals surface area contributed by atoms with E-state index < -0.39 is 10.0 Å². The number of ether oxygens (including phenoxy) is 1. The van der Waals surface area contributed by atoms with Crippen LogP contribution < -0.4 is 9.88 Å². The summed E-state index contributed by atoms with van der Waals surface area (Å²) >= 11 is 9.21. The van der Waals surface area contributed by atoms with Crippen molar-refractivity contribution >= 4 is 37.6 Å². The number of benzene rings is 1. The molecule has 0 saturated heterocycles. The number of rotatable bonds is 5. The number of primary sulfonamides is 1. The summed E-state index contributed by atoms with van der Waals surface area (Å²) in [6.45, 7) is 0.231. The van der Waals surface area contributed by atoms with Gasteiger partial charge < -0.3 is 9.30 Å². The minimum Gasteiger partial charge on any atom is -0.490 e. The fourth-order valence-electron chi connectivity index (χ4n) is 1.77. The predicted molar refractivity (Wildman–Crippen MR) is 82.9 cm³/mol. The molecule has 9 heteroatoms. The molecule has 1 heterocycles. The Kier molecular flexibility index (Phi) is 4.92. The van der Waals surface area contributed by atoms with Gasteiger partial charge in [0, 0.05) is 30.3 Å². The standard InChI is InChI=1S/C12H13BrClN3O3S/c1-17-4-3-16-11(17)2-5-20-12-9(14)6-8(13)7-10(12)21(15,18)19/h3-4,6-7H,2,5H2,1H3,(H2,15,18,19). The van der Waals surface area contributed by atoms with Crippen LogP contribution in [0.3, 0.4) is 0 Å². The van der Waals surface area contributed by atoms with Gasteiger partial charge >= 0.3 is 0 Å². The Morgan fingerprint density at radius 1 is 1.48 bits per heavy atom. The zero-order chi connectivity index (χ0) is 15.6. The maximum Gasteiger partial charge on any atom is 0.241 e. The zero-order valence-corrected chi connectivity index (χ0v) is 14.2. The number of nitrogens with zero attached hydrogens (tertiary/aromatic N) is 2. The van der Waals surface area contributed by atoms with E-state index in [4.69, 9.17) is 21.5 Å². The van der Waals surface area contributed by atoms with Crippen molar-refractivity contribution in [1.82, 2.24) is 9.55 Å². The van der Waals surface area contributed by atoms with E-state index in [2.05, 4.69) is 20.9 Å². The van der Waals surface area contributed by atoms with Gasteiger partial charge in [0.2, 0.25) is 10.0 Å². The van der Waals surface area contributed by atoms with Gasteiger partial charge in [-0.2, -0.15) is 0 Å². The quantitative estimate of drug-likeness (QED) is 0.841. The third kappa shape index (κ3) is 3.97. The molecule has 0 amide bonds. The molecule has 1 aromatic heterocycles. The van der Waals surface area contributed by atoms with Crippen LogP contribution in [0.2, 0.25) is 5.02 Å². The molecule has 1 aromatic carbocycles. The first-order valence-electron chi connectivity index (χ1n) is 5.90. The van der Waals surface area contributed by atoms with Gasteiger partial charge in [0.15, 0.2) is 5.75 Å². The van der Waals surface area contributed by atoms with Crippen molar-refractivity contribution in [2.45, 2.75) is 11.3 Å². The zero-order valence-electron chi connectivity index (χ0n) is 11.1. The van der Waals surface area contributed by atoms with Gasteiger partial charge in [0.1, 0.15) is 10.7 Å². The fraction of sp³-hybridized carbons (Fsp3) is 0.250. The first-order valence-corrected chi connectivity index (χ1v) is 8.61. The summed E-state index contributed by atoms with van der Waals surface area (Å²) in [6.07, 6.45) is 4.01. The van der Waals surface area contributed by atoms with E-state index in [0.29, 0.717) is 10.9 Å². The van der Waals surface area contributed by atoms with Crippen LogP contribution in [0.5, 0.6) is 5.75 Å². The lowest BCUT2D eigenvalue weighted by atomic mass is 10.3. The molecule has 0 unspecified atom stereocenters. The minimum atomic E-state index is -3.93. The molecule has 0 aliphatic heterocycles. The number of sulfonamides is 1. The normalized spacial score (nSPS) is 11.6. The molecule has 0 atom stereocenters. The van der Waals surface area contributed by atoms with Gasteiger partial charge in [0.25, 0.3) is 0 Å². The molecule has 0 fully saturated rings. The summed E-state index contributed by atoms with van der Waals surface area (Å²) in [5, 5.41) is 5.36. The lowest BCUT2D eigenvalue weighted by Gasteiger charge is -2.12. The number of aromatic nitrogens is 2. The molecule has 0 saturated carbocycles. The third-order valence-corrected chi connectivity index (χ3v) is 4.43. The van der Waals surface area contributed by atoms with Gasteiger partial charge in [-0.25, -0.2) is 18.5 Å². The molecule has 0 aliphatic rings. The molecule has 2 rings (SSSR count). The van der Waals surface area contributed by atoms with Crippen LogP contribution in [-0.2, 0) is 23.5 Å². The van der Waals surface area contributed by atoms with E-state index in [1.54, 1.807) is 12.3 Å². The molecule has 0 radical (unpaired) electrons. The van der Waals surface area contributed by atoms with Crippen LogP contribution >= 0.6 is 27.5 Å². The molecule has 0 aliphatic carbocycles. The van der Waals surface area contributed by atoms with Crippen molar-refractivity contribution < 1.29 is 13.2 Å². The molecule has 6 nitrogen and oxygen atoms in total. The summed E-state index contributed by atoms with van der Waals surface area (Å²) in [5.74, 6) is 0.872. The van der Waals surface area contributed by atoms with Crippen molar-refractivity contribution in [2.75, 3.05) is 6.61 Å². The van der Waals surface area contributed by atoms with E-state index in [-0.39, 0.29) is 22.3 Å². The molecule has 21 heavy (non-hydrogen) atoms. The second-order valence-corrected chi connectivity index (χ2v) is 7.17. The third-order valence-electron chi connectivity index (χ3n) is 2.77. The molecule has 114 valence electrons. The summed E-state index contributed by atoms with van der Waals surface area (Å²) in [7, 11) is -2.07. The Morgan fingerprint density at radius 2 is 2.19 bits per heavy atom. The van der Waals surface area contributed by atoms with E-state index in [1.165, 1.54) is 6.07 Å². The number of halogens is 2. The van der Waals surface area contributed by atoms with Crippen LogP contribution in [0, 0.1) is 0 Å². The van der Waals surface area contributed by atoms with Crippen LogP contribution in [0.1, 0.15) is 5.82 Å². The van der Waals surface area contributed by atoms with Crippen molar-refractivity contribution in [3.8, 4) is 5.75 Å². The van der Waals surface area contributed by atoms with Gasteiger partial charge in [0.05, 0.1) is 11.6 Å². The summed E-state index contributed by atoms with van der Waals surface area (Å²) in [5.41, 5.74) is 0. The van der Waals surface area contributed by atoms with E-state index in [9.17, 15) is 8.42 Å². The largest absolute Gasteiger partial charge is 0.490 e. The average Bonchev–Trinajstić information content (AvgIpc) is 2.76. The highest BCUT2D eigenvalue weighted by atomic mass is 79.9. The van der Waals surface area contributed by atoms with Crippen molar-refractivity contribution in [3.63, 3.8) is 0 Å². The highest BCUT2D eigenvalue weighted by Crippen LogP contribution is 2.35. The predicted octanol–water partition coefficient (Wildman–Crippen LogP) is 2.10. The number of imidazole rings is 1. The van der Waals surface area contributed by atoms with Crippen LogP contribution in [0.4, 0.5) is 0 Å². The van der Waals surface area contributed by atoms with Crippen molar-refractivity contribution in [2.24, 2.45) is 12.2 Å². The molecule has 0 bridgehead atoms. The Hall–Kier alpha value is -1.09. The van der Waals surface area contributed by atoms with Crippen LogP contribution in [-0.4, -0.2) is 24.6 Å². The highest BCUT2D eigenvalue weighted by molar-refractivity contribution is 9.10. The van der Waals surface area contributed by atoms with Gasteiger partial charge in [-0.15, -0.1) is 0 Å². The molecular weight excluding hydrogens is 382 g/mol. The van der Waals surface area contributed by atoms with Crippen molar-refractivity contribution in [1.29, 1.82) is 0 Å². The Balaban J connectivity index is 2.22. The second-order valence-electron chi connectivity index (χ2n) is 4.31. The molecular formula is C12H13BrClN3O3S. The number of hydrogen-bond donors (Lipinski definition) is 1. The number of aryl methyl sites for hydroxylation is 1. The number of hydrogen-bond acceptors (Lipinski definition) is 4. The lowest BCUT2D eigenvalue weighted by molar-refractivity contribution is 0.309. The van der Waals surface area contributed by atoms with Crippen molar-refractivity contribution in [3.05, 3.63) is 39.8 Å². The lowest BCUT2D eigenvalue weighted by Crippen LogP contribution is -2.15. The van der Waals surface area contributed by atoms with E-state index in [1.807, 2.05) is 17.8 Å². The Labute approximate surface area is 136 Å². The summed E-state index contributed by atoms with van der Waals surface area (Å²) < 4.78 is 31.1. The Bertz CT molecular complexity index is 761. The van der Waals surface area contributed by atoms with Gasteiger partial charge in [-0.1, -0.05) is 27.5 Å². The van der Waals surface area contributed by atoms with Crippen LogP contribution in [0.25, 0.3) is 0 Å². The first kappa shape index (κ1) is 16.3. The molecule has 2 aromatic rings.